The van der Waals surface area contributed by atoms with Gasteiger partial charge in [0.15, 0.2) is 11.5 Å². The van der Waals surface area contributed by atoms with E-state index in [0.717, 1.165) is 12.1 Å². The number of nitrogens with zero attached hydrogens (tertiary/aromatic N) is 1. The molecular weight excluding hydrogens is 567 g/mol. The molecule has 0 spiro atoms. The number of hydrogen-bond donors (Lipinski definition) is 1. The van der Waals surface area contributed by atoms with Crippen molar-refractivity contribution in [3.8, 4) is 11.5 Å². The van der Waals surface area contributed by atoms with Crippen LogP contribution in [0.2, 0.25) is 10.0 Å². The van der Waals surface area contributed by atoms with Crippen LogP contribution in [0.3, 0.4) is 0 Å². The van der Waals surface area contributed by atoms with Crippen molar-refractivity contribution in [2.75, 3.05) is 12.0 Å². The van der Waals surface area contributed by atoms with Gasteiger partial charge in [0.25, 0.3) is 11.8 Å². The number of rotatable bonds is 6. The smallest absolute Gasteiger partial charge is 0.416 e. The number of nitrogens with one attached hydrogen (secondary N) is 1. The molecule has 4 amide bonds. The van der Waals surface area contributed by atoms with Crippen LogP contribution < -0.4 is 19.7 Å². The highest BCUT2D eigenvalue weighted by molar-refractivity contribution is 6.42. The standard InChI is InChI=1S/C26H16Cl2F4N2O5/c1-38-21-10-14(9-19(28)22(21)39-12-13-3-2-4-16(29)7-13)8-17-23(35)33-25(37)34(24(17)36)20-11-15(26(30,31)32)5-6-18(20)27/h2-11H,12H2,1H3,(H,33,35,37)/b17-8-. The molecule has 1 fully saturated rings. The number of hydrogen-bond acceptors (Lipinski definition) is 5. The fourth-order valence-corrected chi connectivity index (χ4v) is 4.12. The Kier molecular flexibility index (Phi) is 7.84. The first-order chi connectivity index (χ1) is 18.4. The molecule has 7 nitrogen and oxygen atoms in total. The lowest BCUT2D eigenvalue weighted by Crippen LogP contribution is -2.54. The summed E-state index contributed by atoms with van der Waals surface area (Å²) in [6.07, 6.45) is -3.71. The van der Waals surface area contributed by atoms with E-state index in [-0.39, 0.29) is 33.7 Å². The van der Waals surface area contributed by atoms with Gasteiger partial charge in [0.2, 0.25) is 0 Å². The van der Waals surface area contributed by atoms with Crippen molar-refractivity contribution < 1.29 is 41.4 Å². The predicted molar refractivity (Wildman–Crippen MR) is 134 cm³/mol. The van der Waals surface area contributed by atoms with Gasteiger partial charge in [0.05, 0.1) is 28.4 Å². The SMILES string of the molecule is COc1cc(/C=C2/C(=O)NC(=O)N(c3cc(C(F)(F)F)ccc3Cl)C2=O)cc(Cl)c1OCc1cccc(F)c1. The Balaban J connectivity index is 1.68. The van der Waals surface area contributed by atoms with E-state index >= 15 is 0 Å². The fraction of sp³-hybridized carbons (Fsp3) is 0.115. The van der Waals surface area contributed by atoms with Crippen LogP contribution in [-0.2, 0) is 22.4 Å². The maximum Gasteiger partial charge on any atom is 0.416 e. The molecular formula is C26H16Cl2F4N2O5. The average molecular weight is 583 g/mol. The minimum Gasteiger partial charge on any atom is -0.493 e. The molecule has 0 radical (unpaired) electrons. The Morgan fingerprint density at radius 2 is 1.74 bits per heavy atom. The summed E-state index contributed by atoms with van der Waals surface area (Å²) in [5, 5.41) is 1.59. The molecule has 0 saturated carbocycles. The second-order valence-corrected chi connectivity index (χ2v) is 8.89. The van der Waals surface area contributed by atoms with Gasteiger partial charge >= 0.3 is 12.2 Å². The normalized spacial score (nSPS) is 15.0. The predicted octanol–water partition coefficient (Wildman–Crippen LogP) is 6.41. The highest BCUT2D eigenvalue weighted by Gasteiger charge is 2.39. The fourth-order valence-electron chi connectivity index (χ4n) is 3.65. The minimum atomic E-state index is -4.78. The van der Waals surface area contributed by atoms with Gasteiger partial charge in [-0.15, -0.1) is 0 Å². The first-order valence-electron chi connectivity index (χ1n) is 10.9. The molecule has 0 atom stereocenters. The van der Waals surface area contributed by atoms with Crippen molar-refractivity contribution in [2.45, 2.75) is 12.8 Å². The van der Waals surface area contributed by atoms with Crippen LogP contribution in [0, 0.1) is 5.82 Å². The molecule has 39 heavy (non-hydrogen) atoms. The number of ether oxygens (including phenoxy) is 2. The van der Waals surface area contributed by atoms with Crippen LogP contribution in [0.4, 0.5) is 28.0 Å². The van der Waals surface area contributed by atoms with Crippen molar-refractivity contribution in [1.29, 1.82) is 0 Å². The van der Waals surface area contributed by atoms with Gasteiger partial charge in [-0.3, -0.25) is 14.9 Å². The second kappa shape index (κ2) is 11.0. The van der Waals surface area contributed by atoms with Gasteiger partial charge in [0.1, 0.15) is 18.0 Å². The number of halogens is 6. The number of alkyl halides is 3. The highest BCUT2D eigenvalue weighted by Crippen LogP contribution is 2.39. The largest absolute Gasteiger partial charge is 0.493 e. The topological polar surface area (TPSA) is 84.9 Å². The van der Waals surface area contributed by atoms with E-state index in [2.05, 4.69) is 0 Å². The van der Waals surface area contributed by atoms with Crippen LogP contribution >= 0.6 is 23.2 Å². The van der Waals surface area contributed by atoms with E-state index < -0.39 is 46.7 Å². The van der Waals surface area contributed by atoms with E-state index in [1.54, 1.807) is 6.07 Å². The van der Waals surface area contributed by atoms with Gasteiger partial charge in [-0.1, -0.05) is 35.3 Å². The molecule has 3 aromatic carbocycles. The second-order valence-electron chi connectivity index (χ2n) is 8.07. The molecule has 1 aliphatic rings. The number of methoxy groups -OCH3 is 1. The monoisotopic (exact) mass is 582 g/mol. The number of carbonyl (C=O) groups excluding carboxylic acids is 3. The Morgan fingerprint density at radius 1 is 1.00 bits per heavy atom. The Labute approximate surface area is 228 Å². The molecule has 1 heterocycles. The van der Waals surface area contributed by atoms with Gasteiger partial charge < -0.3 is 9.47 Å². The third-order valence-electron chi connectivity index (χ3n) is 5.45. The molecule has 0 unspecified atom stereocenters. The van der Waals surface area contributed by atoms with Crippen LogP contribution in [0.25, 0.3) is 6.08 Å². The first-order valence-corrected chi connectivity index (χ1v) is 11.7. The van der Waals surface area contributed by atoms with Crippen molar-refractivity contribution in [2.24, 2.45) is 0 Å². The quantitative estimate of drug-likeness (QED) is 0.206. The van der Waals surface area contributed by atoms with Crippen molar-refractivity contribution in [3.63, 3.8) is 0 Å². The summed E-state index contributed by atoms with van der Waals surface area (Å²) in [4.78, 5) is 38.5. The zero-order valence-corrected chi connectivity index (χ0v) is 21.2. The average Bonchev–Trinajstić information content (AvgIpc) is 2.86. The summed E-state index contributed by atoms with van der Waals surface area (Å²) in [6, 6.07) is 9.22. The molecule has 0 aromatic heterocycles. The van der Waals surface area contributed by atoms with Crippen LogP contribution in [0.5, 0.6) is 11.5 Å². The lowest BCUT2D eigenvalue weighted by atomic mass is 10.1. The lowest BCUT2D eigenvalue weighted by Gasteiger charge is -2.27. The first kappa shape index (κ1) is 27.9. The summed E-state index contributed by atoms with van der Waals surface area (Å²) in [5.41, 5.74) is -1.63. The minimum absolute atomic E-state index is 0.00937. The van der Waals surface area contributed by atoms with Crippen molar-refractivity contribution in [1.82, 2.24) is 5.32 Å². The summed E-state index contributed by atoms with van der Waals surface area (Å²) in [5.74, 6) is -2.57. The number of anilines is 1. The number of amides is 4. The van der Waals surface area contributed by atoms with Crippen LogP contribution in [-0.4, -0.2) is 25.0 Å². The summed E-state index contributed by atoms with van der Waals surface area (Å²) >= 11 is 12.3. The number of carbonyl (C=O) groups is 3. The Bertz CT molecular complexity index is 1520. The molecule has 0 aliphatic carbocycles. The Hall–Kier alpha value is -4.09. The maximum absolute atomic E-state index is 13.5. The summed E-state index contributed by atoms with van der Waals surface area (Å²) in [7, 11) is 1.31. The zero-order valence-electron chi connectivity index (χ0n) is 19.7. The number of barbiturate groups is 1. The van der Waals surface area contributed by atoms with E-state index in [4.69, 9.17) is 32.7 Å². The van der Waals surface area contributed by atoms with E-state index in [0.29, 0.717) is 22.6 Å². The van der Waals surface area contributed by atoms with Crippen LogP contribution in [0.1, 0.15) is 16.7 Å². The van der Waals surface area contributed by atoms with Gasteiger partial charge in [-0.25, -0.2) is 14.1 Å². The molecule has 1 N–H and O–H groups in total. The third-order valence-corrected chi connectivity index (χ3v) is 6.05. The molecule has 13 heteroatoms. The molecule has 3 aromatic rings. The maximum atomic E-state index is 13.5. The lowest BCUT2D eigenvalue weighted by molar-refractivity contribution is -0.137. The Morgan fingerprint density at radius 3 is 2.41 bits per heavy atom. The van der Waals surface area contributed by atoms with E-state index in [9.17, 15) is 31.9 Å². The van der Waals surface area contributed by atoms with Crippen molar-refractivity contribution in [3.05, 3.63) is 92.7 Å². The summed E-state index contributed by atoms with van der Waals surface area (Å²) < 4.78 is 64.1. The molecule has 1 aliphatic heterocycles. The third kappa shape index (κ3) is 5.99. The molecule has 4 rings (SSSR count). The van der Waals surface area contributed by atoms with E-state index in [1.807, 2.05) is 5.32 Å². The van der Waals surface area contributed by atoms with Crippen molar-refractivity contribution >= 4 is 52.8 Å². The van der Waals surface area contributed by atoms with Gasteiger partial charge in [-0.05, 0) is 59.7 Å². The highest BCUT2D eigenvalue weighted by atomic mass is 35.5. The van der Waals surface area contributed by atoms with Gasteiger partial charge in [0, 0.05) is 0 Å². The zero-order chi connectivity index (χ0) is 28.5. The van der Waals surface area contributed by atoms with E-state index in [1.165, 1.54) is 37.4 Å². The number of benzene rings is 3. The number of imide groups is 2. The van der Waals surface area contributed by atoms with Gasteiger partial charge in [-0.2, -0.15) is 13.2 Å². The molecule has 202 valence electrons. The van der Waals surface area contributed by atoms with Crippen LogP contribution in [0.15, 0.2) is 60.2 Å². The number of urea groups is 1. The molecule has 1 saturated heterocycles. The molecule has 0 bridgehead atoms. The summed E-state index contributed by atoms with van der Waals surface area (Å²) in [6.45, 7) is -0.0516.